The number of benzene rings is 1. The highest BCUT2D eigenvalue weighted by atomic mass is 16.5. The predicted octanol–water partition coefficient (Wildman–Crippen LogP) is 2.59. The molecule has 110 valence electrons. The highest BCUT2D eigenvalue weighted by Gasteiger charge is 2.31. The van der Waals surface area contributed by atoms with Gasteiger partial charge in [-0.1, -0.05) is 17.7 Å². The molecule has 1 saturated heterocycles. The largest absolute Gasteiger partial charge is 0.493 e. The monoisotopic (exact) mass is 278 g/mol. The van der Waals surface area contributed by atoms with E-state index in [-0.39, 0.29) is 17.8 Å². The van der Waals surface area contributed by atoms with Gasteiger partial charge in [-0.25, -0.2) is 0 Å². The smallest absolute Gasteiger partial charge is 0.312 e. The van der Waals surface area contributed by atoms with Gasteiger partial charge in [-0.3, -0.25) is 4.79 Å². The van der Waals surface area contributed by atoms with E-state index in [0.29, 0.717) is 19.8 Å². The van der Waals surface area contributed by atoms with E-state index in [1.54, 1.807) is 0 Å². The van der Waals surface area contributed by atoms with Gasteiger partial charge in [0.2, 0.25) is 0 Å². The van der Waals surface area contributed by atoms with Crippen molar-refractivity contribution in [1.82, 2.24) is 0 Å². The molecule has 0 radical (unpaired) electrons. The maximum absolute atomic E-state index is 11.9. The molecule has 0 aromatic heterocycles. The maximum atomic E-state index is 11.9. The number of rotatable bonds is 5. The summed E-state index contributed by atoms with van der Waals surface area (Å²) in [4.78, 5) is 11.9. The minimum Gasteiger partial charge on any atom is -0.493 e. The number of hydrogen-bond acceptors (Lipinski definition) is 4. The van der Waals surface area contributed by atoms with E-state index in [1.165, 1.54) is 12.7 Å². The molecule has 0 saturated carbocycles. The molecule has 0 N–H and O–H groups in total. The Morgan fingerprint density at radius 1 is 1.30 bits per heavy atom. The molecule has 1 aromatic rings. The minimum absolute atomic E-state index is 0.191. The lowest BCUT2D eigenvalue weighted by molar-refractivity contribution is -0.150. The van der Waals surface area contributed by atoms with Gasteiger partial charge in [0.05, 0.1) is 13.0 Å². The van der Waals surface area contributed by atoms with Crippen LogP contribution in [0.1, 0.15) is 18.4 Å². The molecule has 0 amide bonds. The Morgan fingerprint density at radius 3 is 2.55 bits per heavy atom. The molecule has 1 atom stereocenters. The maximum Gasteiger partial charge on any atom is 0.312 e. The van der Waals surface area contributed by atoms with E-state index >= 15 is 0 Å². The summed E-state index contributed by atoms with van der Waals surface area (Å²) >= 11 is 0. The third-order valence-corrected chi connectivity index (χ3v) is 3.79. The molecular formula is C16H22O4. The third kappa shape index (κ3) is 3.97. The molecular weight excluding hydrogens is 256 g/mol. The van der Waals surface area contributed by atoms with Crippen molar-refractivity contribution in [3.05, 3.63) is 29.8 Å². The van der Waals surface area contributed by atoms with Gasteiger partial charge in [-0.05, 0) is 37.8 Å². The molecule has 1 aliphatic rings. The first kappa shape index (κ1) is 14.9. The molecule has 0 spiro atoms. The van der Waals surface area contributed by atoms with Crippen LogP contribution in [0.15, 0.2) is 24.3 Å². The Hall–Kier alpha value is -1.55. The molecule has 1 unspecified atom stereocenters. The fraction of sp³-hybridized carbons (Fsp3) is 0.562. The summed E-state index contributed by atoms with van der Waals surface area (Å²) in [5, 5.41) is 0. The van der Waals surface area contributed by atoms with Crippen molar-refractivity contribution in [1.29, 1.82) is 0 Å². The fourth-order valence-corrected chi connectivity index (χ4v) is 2.49. The Balaban J connectivity index is 1.96. The Bertz CT molecular complexity index is 421. The van der Waals surface area contributed by atoms with Gasteiger partial charge < -0.3 is 14.2 Å². The van der Waals surface area contributed by atoms with Crippen molar-refractivity contribution in [2.75, 3.05) is 26.9 Å². The average Bonchev–Trinajstić information content (AvgIpc) is 2.50. The molecule has 20 heavy (non-hydrogen) atoms. The average molecular weight is 278 g/mol. The van der Waals surface area contributed by atoms with E-state index in [9.17, 15) is 4.79 Å². The van der Waals surface area contributed by atoms with E-state index < -0.39 is 0 Å². The Morgan fingerprint density at radius 2 is 1.95 bits per heavy atom. The van der Waals surface area contributed by atoms with Crippen LogP contribution in [-0.2, 0) is 14.3 Å². The zero-order valence-corrected chi connectivity index (χ0v) is 12.1. The molecule has 1 fully saturated rings. The van der Waals surface area contributed by atoms with Gasteiger partial charge >= 0.3 is 5.97 Å². The lowest BCUT2D eigenvalue weighted by atomic mass is 9.86. The normalized spacial score (nSPS) is 17.5. The summed E-state index contributed by atoms with van der Waals surface area (Å²) in [6, 6.07) is 7.84. The SMILES string of the molecule is COC(=O)C(COc1ccc(C)cc1)C1CCOCC1. The van der Waals surface area contributed by atoms with Crippen LogP contribution < -0.4 is 4.74 Å². The van der Waals surface area contributed by atoms with Crippen LogP contribution in [-0.4, -0.2) is 32.9 Å². The lowest BCUT2D eigenvalue weighted by Gasteiger charge is -2.28. The highest BCUT2D eigenvalue weighted by Crippen LogP contribution is 2.26. The van der Waals surface area contributed by atoms with Crippen molar-refractivity contribution < 1.29 is 19.0 Å². The Labute approximate surface area is 120 Å². The van der Waals surface area contributed by atoms with Crippen LogP contribution in [0, 0.1) is 18.8 Å². The van der Waals surface area contributed by atoms with Gasteiger partial charge in [-0.2, -0.15) is 0 Å². The summed E-state index contributed by atoms with van der Waals surface area (Å²) < 4.78 is 16.0. The number of methoxy groups -OCH3 is 1. The van der Waals surface area contributed by atoms with Crippen molar-refractivity contribution >= 4 is 5.97 Å². The second-order valence-corrected chi connectivity index (χ2v) is 5.20. The third-order valence-electron chi connectivity index (χ3n) is 3.79. The standard InChI is InChI=1S/C16H22O4/c1-12-3-5-14(6-4-12)20-11-15(16(17)18-2)13-7-9-19-10-8-13/h3-6,13,15H,7-11H2,1-2H3. The van der Waals surface area contributed by atoms with E-state index in [1.807, 2.05) is 31.2 Å². The fourth-order valence-electron chi connectivity index (χ4n) is 2.49. The second-order valence-electron chi connectivity index (χ2n) is 5.20. The molecule has 2 rings (SSSR count). The molecule has 1 aromatic carbocycles. The first-order valence-corrected chi connectivity index (χ1v) is 7.05. The molecule has 4 nitrogen and oxygen atoms in total. The molecule has 0 aliphatic carbocycles. The first-order chi connectivity index (χ1) is 9.70. The summed E-state index contributed by atoms with van der Waals surface area (Å²) in [5.41, 5.74) is 1.19. The number of esters is 1. The van der Waals surface area contributed by atoms with Crippen LogP contribution in [0.5, 0.6) is 5.75 Å². The molecule has 1 heterocycles. The van der Waals surface area contributed by atoms with Crippen LogP contribution in [0.4, 0.5) is 0 Å². The van der Waals surface area contributed by atoms with Crippen LogP contribution in [0.2, 0.25) is 0 Å². The van der Waals surface area contributed by atoms with E-state index in [4.69, 9.17) is 14.2 Å². The topological polar surface area (TPSA) is 44.8 Å². The van der Waals surface area contributed by atoms with Gasteiger partial charge in [0.25, 0.3) is 0 Å². The van der Waals surface area contributed by atoms with Crippen LogP contribution in [0.3, 0.4) is 0 Å². The van der Waals surface area contributed by atoms with Gasteiger partial charge in [0, 0.05) is 13.2 Å². The van der Waals surface area contributed by atoms with Crippen molar-refractivity contribution in [3.8, 4) is 5.75 Å². The zero-order chi connectivity index (χ0) is 14.4. The van der Waals surface area contributed by atoms with Crippen LogP contribution >= 0.6 is 0 Å². The summed E-state index contributed by atoms with van der Waals surface area (Å²) in [6.07, 6.45) is 1.77. The molecule has 4 heteroatoms. The van der Waals surface area contributed by atoms with Gasteiger partial charge in [-0.15, -0.1) is 0 Å². The zero-order valence-electron chi connectivity index (χ0n) is 12.1. The van der Waals surface area contributed by atoms with Gasteiger partial charge in [0.1, 0.15) is 12.4 Å². The molecule has 0 bridgehead atoms. The number of hydrogen-bond donors (Lipinski definition) is 0. The number of ether oxygens (including phenoxy) is 3. The second kappa shape index (κ2) is 7.29. The Kier molecular flexibility index (Phi) is 5.41. The predicted molar refractivity (Wildman–Crippen MR) is 75.7 cm³/mol. The first-order valence-electron chi connectivity index (χ1n) is 7.05. The summed E-state index contributed by atoms with van der Waals surface area (Å²) in [7, 11) is 1.43. The van der Waals surface area contributed by atoms with Crippen molar-refractivity contribution in [3.63, 3.8) is 0 Å². The number of carbonyl (C=O) groups excluding carboxylic acids is 1. The van der Waals surface area contributed by atoms with Crippen molar-refractivity contribution in [2.24, 2.45) is 11.8 Å². The minimum atomic E-state index is -0.217. The van der Waals surface area contributed by atoms with Crippen molar-refractivity contribution in [2.45, 2.75) is 19.8 Å². The van der Waals surface area contributed by atoms with E-state index in [2.05, 4.69) is 0 Å². The van der Waals surface area contributed by atoms with Crippen LogP contribution in [0.25, 0.3) is 0 Å². The number of aryl methyl sites for hydroxylation is 1. The quantitative estimate of drug-likeness (QED) is 0.777. The summed E-state index contributed by atoms with van der Waals surface area (Å²) in [6.45, 7) is 3.81. The van der Waals surface area contributed by atoms with Gasteiger partial charge in [0.15, 0.2) is 0 Å². The number of carbonyl (C=O) groups is 1. The summed E-state index contributed by atoms with van der Waals surface area (Å²) in [5.74, 6) is 0.660. The lowest BCUT2D eigenvalue weighted by Crippen LogP contribution is -2.34. The molecule has 1 aliphatic heterocycles. The van der Waals surface area contributed by atoms with E-state index in [0.717, 1.165) is 18.6 Å². The highest BCUT2D eigenvalue weighted by molar-refractivity contribution is 5.72.